The molecular formula is C11H21N3O. The average molecular weight is 211 g/mol. The summed E-state index contributed by atoms with van der Waals surface area (Å²) < 4.78 is 0. The van der Waals surface area contributed by atoms with Gasteiger partial charge in [0, 0.05) is 25.7 Å². The van der Waals surface area contributed by atoms with Crippen molar-refractivity contribution in [3.05, 3.63) is 0 Å². The number of hydrogen-bond acceptors (Lipinski definition) is 3. The summed E-state index contributed by atoms with van der Waals surface area (Å²) in [5.41, 5.74) is 0. The lowest BCUT2D eigenvalue weighted by Crippen LogP contribution is -2.54. The predicted octanol–water partition coefficient (Wildman–Crippen LogP) is -0.194. The van der Waals surface area contributed by atoms with E-state index in [9.17, 15) is 4.79 Å². The van der Waals surface area contributed by atoms with Crippen LogP contribution in [0.3, 0.4) is 0 Å². The van der Waals surface area contributed by atoms with Crippen molar-refractivity contribution in [3.8, 4) is 0 Å². The molecule has 15 heavy (non-hydrogen) atoms. The lowest BCUT2D eigenvalue weighted by atomic mass is 10.2. The van der Waals surface area contributed by atoms with Crippen LogP contribution in [0.25, 0.3) is 0 Å². The molecule has 4 nitrogen and oxygen atoms in total. The normalized spacial score (nSPS) is 26.7. The SMILES string of the molecule is C[C@H]1CNCCN1C(=O)CNCC1CC1. The topological polar surface area (TPSA) is 44.4 Å². The van der Waals surface area contributed by atoms with Crippen molar-refractivity contribution < 1.29 is 4.79 Å². The van der Waals surface area contributed by atoms with Crippen molar-refractivity contribution in [2.75, 3.05) is 32.7 Å². The maximum absolute atomic E-state index is 11.8. The first kappa shape index (κ1) is 10.9. The van der Waals surface area contributed by atoms with Gasteiger partial charge in [0.15, 0.2) is 0 Å². The highest BCUT2D eigenvalue weighted by Crippen LogP contribution is 2.27. The molecule has 1 amide bonds. The molecule has 1 heterocycles. The lowest BCUT2D eigenvalue weighted by Gasteiger charge is -2.34. The molecule has 2 N–H and O–H groups in total. The van der Waals surface area contributed by atoms with Gasteiger partial charge in [-0.2, -0.15) is 0 Å². The van der Waals surface area contributed by atoms with Crippen molar-refractivity contribution in [2.24, 2.45) is 5.92 Å². The van der Waals surface area contributed by atoms with Gasteiger partial charge in [0.1, 0.15) is 0 Å². The molecule has 2 aliphatic rings. The molecule has 4 heteroatoms. The standard InChI is InChI=1S/C11H21N3O/c1-9-6-12-4-5-14(9)11(15)8-13-7-10-2-3-10/h9-10,12-13H,2-8H2,1H3/t9-/m0/s1. The van der Waals surface area contributed by atoms with E-state index in [1.807, 2.05) is 4.90 Å². The Balaban J connectivity index is 1.68. The minimum atomic E-state index is 0.254. The van der Waals surface area contributed by atoms with Crippen LogP contribution in [0, 0.1) is 5.92 Å². The van der Waals surface area contributed by atoms with Crippen LogP contribution in [-0.4, -0.2) is 49.6 Å². The highest BCUT2D eigenvalue weighted by Gasteiger charge is 2.24. The molecule has 0 aromatic carbocycles. The molecule has 1 saturated carbocycles. The highest BCUT2D eigenvalue weighted by molar-refractivity contribution is 5.78. The monoisotopic (exact) mass is 211 g/mol. The summed E-state index contributed by atoms with van der Waals surface area (Å²) in [6, 6.07) is 0.342. The Morgan fingerprint density at radius 1 is 1.53 bits per heavy atom. The Kier molecular flexibility index (Phi) is 3.59. The first-order valence-corrected chi connectivity index (χ1v) is 5.98. The molecule has 0 spiro atoms. The quantitative estimate of drug-likeness (QED) is 0.677. The minimum Gasteiger partial charge on any atom is -0.336 e. The fourth-order valence-corrected chi connectivity index (χ4v) is 2.02. The van der Waals surface area contributed by atoms with Gasteiger partial charge in [-0.15, -0.1) is 0 Å². The van der Waals surface area contributed by atoms with Crippen LogP contribution in [0.2, 0.25) is 0 Å². The second-order valence-electron chi connectivity index (χ2n) is 4.71. The Morgan fingerprint density at radius 3 is 3.00 bits per heavy atom. The molecule has 0 aromatic heterocycles. The summed E-state index contributed by atoms with van der Waals surface area (Å²) in [7, 11) is 0. The van der Waals surface area contributed by atoms with Crippen LogP contribution in [0.4, 0.5) is 0 Å². The summed E-state index contributed by atoms with van der Waals surface area (Å²) in [6.07, 6.45) is 2.68. The van der Waals surface area contributed by atoms with Crippen molar-refractivity contribution >= 4 is 5.91 Å². The van der Waals surface area contributed by atoms with Crippen LogP contribution >= 0.6 is 0 Å². The number of nitrogens with one attached hydrogen (secondary N) is 2. The number of hydrogen-bond donors (Lipinski definition) is 2. The molecule has 1 saturated heterocycles. The summed E-state index contributed by atoms with van der Waals surface area (Å²) in [5.74, 6) is 1.10. The van der Waals surface area contributed by atoms with Gasteiger partial charge in [-0.05, 0) is 32.2 Å². The third kappa shape index (κ3) is 3.18. The summed E-state index contributed by atoms with van der Waals surface area (Å²) in [5, 5.41) is 6.54. The van der Waals surface area contributed by atoms with Crippen LogP contribution in [0.1, 0.15) is 19.8 Å². The molecule has 0 bridgehead atoms. The van der Waals surface area contributed by atoms with E-state index in [0.717, 1.165) is 32.1 Å². The second-order valence-corrected chi connectivity index (χ2v) is 4.71. The number of carbonyl (C=O) groups is 1. The molecule has 1 aliphatic carbocycles. The number of rotatable bonds is 4. The molecule has 2 fully saturated rings. The van der Waals surface area contributed by atoms with Crippen LogP contribution in [0.5, 0.6) is 0 Å². The van der Waals surface area contributed by atoms with E-state index >= 15 is 0 Å². The zero-order valence-corrected chi connectivity index (χ0v) is 9.46. The van der Waals surface area contributed by atoms with E-state index < -0.39 is 0 Å². The van der Waals surface area contributed by atoms with Crippen molar-refractivity contribution in [2.45, 2.75) is 25.8 Å². The molecule has 0 unspecified atom stereocenters. The van der Waals surface area contributed by atoms with Gasteiger partial charge >= 0.3 is 0 Å². The van der Waals surface area contributed by atoms with Gasteiger partial charge < -0.3 is 15.5 Å². The van der Waals surface area contributed by atoms with E-state index in [1.165, 1.54) is 12.8 Å². The average Bonchev–Trinajstić information content (AvgIpc) is 3.02. The molecule has 2 rings (SSSR count). The van der Waals surface area contributed by atoms with Crippen molar-refractivity contribution in [1.29, 1.82) is 0 Å². The Morgan fingerprint density at radius 2 is 2.33 bits per heavy atom. The summed E-state index contributed by atoms with van der Waals surface area (Å²) in [4.78, 5) is 13.8. The molecule has 0 aromatic rings. The highest BCUT2D eigenvalue weighted by atomic mass is 16.2. The zero-order chi connectivity index (χ0) is 10.7. The third-order valence-electron chi connectivity index (χ3n) is 3.23. The fraction of sp³-hybridized carbons (Fsp3) is 0.909. The van der Waals surface area contributed by atoms with Crippen LogP contribution < -0.4 is 10.6 Å². The van der Waals surface area contributed by atoms with Crippen molar-refractivity contribution in [1.82, 2.24) is 15.5 Å². The first-order valence-electron chi connectivity index (χ1n) is 5.98. The van der Waals surface area contributed by atoms with Crippen molar-refractivity contribution in [3.63, 3.8) is 0 Å². The molecule has 1 atom stereocenters. The fourth-order valence-electron chi connectivity index (χ4n) is 2.02. The summed E-state index contributed by atoms with van der Waals surface area (Å²) in [6.45, 7) is 6.34. The van der Waals surface area contributed by atoms with Crippen LogP contribution in [0.15, 0.2) is 0 Å². The smallest absolute Gasteiger partial charge is 0.236 e. The van der Waals surface area contributed by atoms with Gasteiger partial charge in [0.05, 0.1) is 6.54 Å². The van der Waals surface area contributed by atoms with Gasteiger partial charge in [-0.3, -0.25) is 4.79 Å². The summed E-state index contributed by atoms with van der Waals surface area (Å²) >= 11 is 0. The molecular weight excluding hydrogens is 190 g/mol. The van der Waals surface area contributed by atoms with Gasteiger partial charge in [-0.25, -0.2) is 0 Å². The van der Waals surface area contributed by atoms with Gasteiger partial charge in [-0.1, -0.05) is 0 Å². The second kappa shape index (κ2) is 4.94. The van der Waals surface area contributed by atoms with E-state index in [1.54, 1.807) is 0 Å². The van der Waals surface area contributed by atoms with Crippen LogP contribution in [-0.2, 0) is 4.79 Å². The molecule has 86 valence electrons. The van der Waals surface area contributed by atoms with E-state index in [0.29, 0.717) is 12.6 Å². The number of carbonyl (C=O) groups excluding carboxylic acids is 1. The molecule has 1 aliphatic heterocycles. The third-order valence-corrected chi connectivity index (χ3v) is 3.23. The molecule has 0 radical (unpaired) electrons. The number of piperazine rings is 1. The maximum Gasteiger partial charge on any atom is 0.236 e. The Hall–Kier alpha value is -0.610. The van der Waals surface area contributed by atoms with Gasteiger partial charge in [0.2, 0.25) is 5.91 Å². The lowest BCUT2D eigenvalue weighted by molar-refractivity contribution is -0.132. The first-order chi connectivity index (χ1) is 7.27. The largest absolute Gasteiger partial charge is 0.336 e. The van der Waals surface area contributed by atoms with E-state index in [2.05, 4.69) is 17.6 Å². The Bertz CT molecular complexity index is 228. The van der Waals surface area contributed by atoms with E-state index in [-0.39, 0.29) is 5.91 Å². The van der Waals surface area contributed by atoms with E-state index in [4.69, 9.17) is 0 Å². The number of amides is 1. The van der Waals surface area contributed by atoms with Gasteiger partial charge in [0.25, 0.3) is 0 Å². The minimum absolute atomic E-state index is 0.254. The maximum atomic E-state index is 11.8. The zero-order valence-electron chi connectivity index (χ0n) is 9.46. The predicted molar refractivity (Wildman–Crippen MR) is 59.6 cm³/mol. The number of nitrogens with zero attached hydrogens (tertiary/aromatic N) is 1. The Labute approximate surface area is 91.4 Å².